The molecule has 3 rings (SSSR count). The van der Waals surface area contributed by atoms with E-state index in [9.17, 15) is 4.39 Å². The maximum absolute atomic E-state index is 13.7. The third kappa shape index (κ3) is 1.98. The van der Waals surface area contributed by atoms with Gasteiger partial charge in [-0.2, -0.15) is 4.98 Å². The van der Waals surface area contributed by atoms with Crippen LogP contribution in [0.4, 0.5) is 4.39 Å². The number of aromatic nitrogens is 2. The van der Waals surface area contributed by atoms with Crippen molar-refractivity contribution in [3.63, 3.8) is 0 Å². The van der Waals surface area contributed by atoms with Crippen LogP contribution in [0.3, 0.4) is 0 Å². The molecule has 0 amide bonds. The number of rotatable bonds is 2. The van der Waals surface area contributed by atoms with Crippen LogP contribution < -0.4 is 5.73 Å². The zero-order valence-electron chi connectivity index (χ0n) is 10.3. The number of nitrogens with two attached hydrogens (primary N) is 1. The molecule has 19 heavy (non-hydrogen) atoms. The number of hydrogen-bond acceptors (Lipinski definition) is 4. The lowest BCUT2D eigenvalue weighted by Crippen LogP contribution is -2.06. The minimum absolute atomic E-state index is 0.272. The molecule has 2 aromatic carbocycles. The van der Waals surface area contributed by atoms with Gasteiger partial charge in [-0.1, -0.05) is 29.4 Å². The number of nitrogens with zero attached hydrogens (tertiary/aromatic N) is 2. The van der Waals surface area contributed by atoms with Crippen molar-refractivity contribution in [3.8, 4) is 11.5 Å². The fourth-order valence-electron chi connectivity index (χ4n) is 1.98. The second kappa shape index (κ2) is 4.44. The molecule has 0 saturated carbocycles. The van der Waals surface area contributed by atoms with Gasteiger partial charge in [-0.15, -0.1) is 0 Å². The Kier molecular flexibility index (Phi) is 2.76. The number of hydrogen-bond donors (Lipinski definition) is 1. The van der Waals surface area contributed by atoms with Crippen LogP contribution in [0, 0.1) is 5.82 Å². The van der Waals surface area contributed by atoms with E-state index in [2.05, 4.69) is 10.1 Å². The normalized spacial score (nSPS) is 12.8. The van der Waals surface area contributed by atoms with E-state index < -0.39 is 0 Å². The van der Waals surface area contributed by atoms with Crippen LogP contribution in [0.15, 0.2) is 40.9 Å². The van der Waals surface area contributed by atoms with Crippen molar-refractivity contribution < 1.29 is 8.91 Å². The van der Waals surface area contributed by atoms with Gasteiger partial charge in [-0.25, -0.2) is 4.39 Å². The highest BCUT2D eigenvalue weighted by Crippen LogP contribution is 2.29. The van der Waals surface area contributed by atoms with Crippen LogP contribution in [0.2, 0.25) is 0 Å². The van der Waals surface area contributed by atoms with Gasteiger partial charge in [0.25, 0.3) is 5.89 Å². The molecule has 2 N–H and O–H groups in total. The molecule has 0 fully saturated rings. The standard InChI is InChI=1S/C14H12FN3O/c1-8(16)13-17-14(19-18-13)11-6-7-12(15)10-5-3-2-4-9(10)11/h2-8H,16H2,1H3. The van der Waals surface area contributed by atoms with Gasteiger partial charge in [0.05, 0.1) is 6.04 Å². The van der Waals surface area contributed by atoms with Gasteiger partial charge in [-0.05, 0) is 24.4 Å². The van der Waals surface area contributed by atoms with Gasteiger partial charge >= 0.3 is 0 Å². The Labute approximate surface area is 109 Å². The average molecular weight is 257 g/mol. The Hall–Kier alpha value is -2.27. The topological polar surface area (TPSA) is 64.9 Å². The average Bonchev–Trinajstić information content (AvgIpc) is 2.89. The fraction of sp³-hybridized carbons (Fsp3) is 0.143. The second-order valence-corrected chi connectivity index (χ2v) is 4.39. The van der Waals surface area contributed by atoms with E-state index >= 15 is 0 Å². The molecule has 1 unspecified atom stereocenters. The fourth-order valence-corrected chi connectivity index (χ4v) is 1.98. The van der Waals surface area contributed by atoms with E-state index in [4.69, 9.17) is 10.3 Å². The summed E-state index contributed by atoms with van der Waals surface area (Å²) in [5.74, 6) is 0.512. The molecule has 0 aliphatic rings. The molecule has 0 saturated heterocycles. The van der Waals surface area contributed by atoms with Crippen LogP contribution in [-0.4, -0.2) is 10.1 Å². The molecule has 0 spiro atoms. The van der Waals surface area contributed by atoms with Crippen LogP contribution >= 0.6 is 0 Å². The molecule has 0 bridgehead atoms. The first-order chi connectivity index (χ1) is 9.16. The van der Waals surface area contributed by atoms with Crippen molar-refractivity contribution in [2.75, 3.05) is 0 Å². The lowest BCUT2D eigenvalue weighted by molar-refractivity contribution is 0.418. The molecule has 4 nitrogen and oxygen atoms in total. The summed E-state index contributed by atoms with van der Waals surface area (Å²) in [6.45, 7) is 1.78. The summed E-state index contributed by atoms with van der Waals surface area (Å²) in [5.41, 5.74) is 6.40. The highest BCUT2D eigenvalue weighted by molar-refractivity contribution is 5.95. The summed E-state index contributed by atoms with van der Waals surface area (Å²) < 4.78 is 18.9. The van der Waals surface area contributed by atoms with Crippen molar-refractivity contribution >= 4 is 10.8 Å². The quantitative estimate of drug-likeness (QED) is 0.766. The Morgan fingerprint density at radius 3 is 2.58 bits per heavy atom. The van der Waals surface area contributed by atoms with Crippen molar-refractivity contribution in [2.24, 2.45) is 5.73 Å². The van der Waals surface area contributed by atoms with E-state index in [1.54, 1.807) is 25.1 Å². The Morgan fingerprint density at radius 2 is 1.89 bits per heavy atom. The first-order valence-electron chi connectivity index (χ1n) is 5.93. The first kappa shape index (κ1) is 11.8. The van der Waals surface area contributed by atoms with Gasteiger partial charge in [0.15, 0.2) is 5.82 Å². The zero-order chi connectivity index (χ0) is 13.4. The molecule has 1 aromatic heterocycles. The summed E-state index contributed by atoms with van der Waals surface area (Å²) in [5, 5.41) is 5.08. The molecule has 1 atom stereocenters. The second-order valence-electron chi connectivity index (χ2n) is 4.39. The summed E-state index contributed by atoms with van der Waals surface area (Å²) >= 11 is 0. The van der Waals surface area contributed by atoms with Crippen molar-refractivity contribution in [1.82, 2.24) is 10.1 Å². The summed E-state index contributed by atoms with van der Waals surface area (Å²) in [6, 6.07) is 9.90. The number of halogens is 1. The first-order valence-corrected chi connectivity index (χ1v) is 5.93. The third-order valence-corrected chi connectivity index (χ3v) is 2.95. The minimum atomic E-state index is -0.302. The SMILES string of the molecule is CC(N)c1noc(-c2ccc(F)c3ccccc23)n1. The maximum Gasteiger partial charge on any atom is 0.258 e. The molecular weight excluding hydrogens is 245 g/mol. The summed E-state index contributed by atoms with van der Waals surface area (Å²) in [7, 11) is 0. The molecule has 0 aliphatic heterocycles. The number of fused-ring (bicyclic) bond motifs is 1. The molecule has 96 valence electrons. The minimum Gasteiger partial charge on any atom is -0.334 e. The predicted molar refractivity (Wildman–Crippen MR) is 69.8 cm³/mol. The Morgan fingerprint density at radius 1 is 1.16 bits per heavy atom. The number of benzene rings is 2. The van der Waals surface area contributed by atoms with Crippen LogP contribution in [0.25, 0.3) is 22.2 Å². The Bertz CT molecular complexity index is 736. The van der Waals surface area contributed by atoms with Gasteiger partial charge in [0.1, 0.15) is 5.82 Å². The van der Waals surface area contributed by atoms with Crippen molar-refractivity contribution in [3.05, 3.63) is 48.0 Å². The molecule has 1 heterocycles. The van der Waals surface area contributed by atoms with Crippen molar-refractivity contribution in [2.45, 2.75) is 13.0 Å². The largest absolute Gasteiger partial charge is 0.334 e. The van der Waals surface area contributed by atoms with E-state index in [0.717, 1.165) is 5.39 Å². The molecule has 3 aromatic rings. The zero-order valence-corrected chi connectivity index (χ0v) is 10.3. The molecular formula is C14H12FN3O. The van der Waals surface area contributed by atoms with E-state index in [-0.39, 0.29) is 11.9 Å². The molecule has 0 radical (unpaired) electrons. The van der Waals surface area contributed by atoms with Crippen molar-refractivity contribution in [1.29, 1.82) is 0 Å². The van der Waals surface area contributed by atoms with Gasteiger partial charge in [0.2, 0.25) is 0 Å². The lowest BCUT2D eigenvalue weighted by Gasteiger charge is -2.03. The third-order valence-electron chi connectivity index (χ3n) is 2.95. The van der Waals surface area contributed by atoms with Gasteiger partial charge in [0, 0.05) is 10.9 Å². The van der Waals surface area contributed by atoms with E-state index in [0.29, 0.717) is 22.7 Å². The van der Waals surface area contributed by atoms with Crippen LogP contribution in [0.5, 0.6) is 0 Å². The summed E-state index contributed by atoms with van der Waals surface area (Å²) in [4.78, 5) is 4.23. The molecule has 5 heteroatoms. The highest BCUT2D eigenvalue weighted by atomic mass is 19.1. The molecule has 0 aliphatic carbocycles. The lowest BCUT2D eigenvalue weighted by atomic mass is 10.0. The van der Waals surface area contributed by atoms with Gasteiger partial charge in [-0.3, -0.25) is 0 Å². The smallest absolute Gasteiger partial charge is 0.258 e. The van der Waals surface area contributed by atoms with E-state index in [1.165, 1.54) is 6.07 Å². The monoisotopic (exact) mass is 257 g/mol. The van der Waals surface area contributed by atoms with Crippen LogP contribution in [0.1, 0.15) is 18.8 Å². The van der Waals surface area contributed by atoms with E-state index in [1.807, 2.05) is 12.1 Å². The maximum atomic E-state index is 13.7. The van der Waals surface area contributed by atoms with Gasteiger partial charge < -0.3 is 10.3 Å². The Balaban J connectivity index is 2.22. The summed E-state index contributed by atoms with van der Waals surface area (Å²) in [6.07, 6.45) is 0. The predicted octanol–water partition coefficient (Wildman–Crippen LogP) is 3.05. The van der Waals surface area contributed by atoms with Crippen LogP contribution in [-0.2, 0) is 0 Å². The highest BCUT2D eigenvalue weighted by Gasteiger charge is 2.15.